The van der Waals surface area contributed by atoms with Gasteiger partial charge in [-0.3, -0.25) is 9.59 Å². The number of carboxylic acids is 1. The Kier molecular flexibility index (Phi) is 9.41. The minimum atomic E-state index is -5.08. The number of piperazine rings is 1. The first-order chi connectivity index (χ1) is 15.6. The Bertz CT molecular complexity index is 928. The number of benzene rings is 2. The number of aryl methyl sites for hydroxylation is 1. The molecule has 1 saturated heterocycles. The van der Waals surface area contributed by atoms with E-state index in [2.05, 4.69) is 5.32 Å². The van der Waals surface area contributed by atoms with Crippen molar-refractivity contribution in [3.8, 4) is 0 Å². The zero-order chi connectivity index (χ0) is 24.4. The summed E-state index contributed by atoms with van der Waals surface area (Å²) >= 11 is 0. The van der Waals surface area contributed by atoms with E-state index in [1.165, 1.54) is 0 Å². The molecule has 10 heteroatoms. The van der Waals surface area contributed by atoms with Gasteiger partial charge in [0.25, 0.3) is 5.91 Å². The average Bonchev–Trinajstić information content (AvgIpc) is 2.79. The van der Waals surface area contributed by atoms with Gasteiger partial charge in [0.2, 0.25) is 5.91 Å². The predicted octanol–water partition coefficient (Wildman–Crippen LogP) is 2.70. The van der Waals surface area contributed by atoms with Crippen molar-refractivity contribution in [1.29, 1.82) is 0 Å². The van der Waals surface area contributed by atoms with Gasteiger partial charge in [-0.25, -0.2) is 4.79 Å². The molecule has 178 valence electrons. The van der Waals surface area contributed by atoms with Gasteiger partial charge in [0.05, 0.1) is 0 Å². The Balaban J connectivity index is 0.000000479. The highest BCUT2D eigenvalue weighted by molar-refractivity contribution is 5.96. The van der Waals surface area contributed by atoms with E-state index < -0.39 is 12.1 Å². The van der Waals surface area contributed by atoms with Crippen molar-refractivity contribution in [1.82, 2.24) is 15.1 Å². The standard InChI is InChI=1S/C21H25N3O2.C2HF3O2/c1-17-7-9-19(10-8-17)21(26)24(15-18-5-3-2-4-6-18)16-20(25)23-13-11-22-12-14-23;3-2(4,5)1(6)7/h2-10,22H,11-16H2,1H3;(H,6,7). The molecule has 1 aliphatic rings. The lowest BCUT2D eigenvalue weighted by Crippen LogP contribution is -2.50. The van der Waals surface area contributed by atoms with Crippen LogP contribution in [0.4, 0.5) is 13.2 Å². The Labute approximate surface area is 189 Å². The molecular formula is C23H26F3N3O4. The van der Waals surface area contributed by atoms with Crippen molar-refractivity contribution in [3.63, 3.8) is 0 Å². The number of carbonyl (C=O) groups excluding carboxylic acids is 2. The van der Waals surface area contributed by atoms with Crippen LogP contribution in [0.1, 0.15) is 21.5 Å². The van der Waals surface area contributed by atoms with Gasteiger partial charge in [0.1, 0.15) is 6.54 Å². The summed E-state index contributed by atoms with van der Waals surface area (Å²) in [5.41, 5.74) is 2.73. The highest BCUT2D eigenvalue weighted by atomic mass is 19.4. The van der Waals surface area contributed by atoms with E-state index in [0.717, 1.165) is 24.2 Å². The Morgan fingerprint density at radius 3 is 2.06 bits per heavy atom. The summed E-state index contributed by atoms with van der Waals surface area (Å²) in [6.07, 6.45) is -5.08. The van der Waals surface area contributed by atoms with Crippen molar-refractivity contribution in [3.05, 3.63) is 71.3 Å². The van der Waals surface area contributed by atoms with Crippen LogP contribution in [-0.2, 0) is 16.1 Å². The van der Waals surface area contributed by atoms with E-state index >= 15 is 0 Å². The molecule has 0 saturated carbocycles. The number of alkyl halides is 3. The molecule has 0 aliphatic carbocycles. The highest BCUT2D eigenvalue weighted by Crippen LogP contribution is 2.13. The van der Waals surface area contributed by atoms with Crippen molar-refractivity contribution in [2.75, 3.05) is 32.7 Å². The largest absolute Gasteiger partial charge is 0.490 e. The minimum Gasteiger partial charge on any atom is -0.475 e. The quantitative estimate of drug-likeness (QED) is 0.709. The number of nitrogens with one attached hydrogen (secondary N) is 1. The van der Waals surface area contributed by atoms with Crippen molar-refractivity contribution in [2.24, 2.45) is 0 Å². The fraction of sp³-hybridized carbons (Fsp3) is 0.348. The normalized spacial score (nSPS) is 13.5. The molecule has 0 aromatic heterocycles. The molecule has 2 aromatic carbocycles. The van der Waals surface area contributed by atoms with Gasteiger partial charge in [-0.2, -0.15) is 13.2 Å². The molecule has 1 aliphatic heterocycles. The number of hydrogen-bond donors (Lipinski definition) is 2. The zero-order valence-electron chi connectivity index (χ0n) is 18.1. The summed E-state index contributed by atoms with van der Waals surface area (Å²) in [6.45, 7) is 5.50. The molecule has 2 N–H and O–H groups in total. The first-order valence-electron chi connectivity index (χ1n) is 10.3. The summed E-state index contributed by atoms with van der Waals surface area (Å²) in [5, 5.41) is 10.4. The van der Waals surface area contributed by atoms with Crippen molar-refractivity contribution < 1.29 is 32.7 Å². The number of aliphatic carboxylic acids is 1. The third-order valence-electron chi connectivity index (χ3n) is 4.84. The SMILES string of the molecule is Cc1ccc(C(=O)N(CC(=O)N2CCNCC2)Cc2ccccc2)cc1.O=C(O)C(F)(F)F. The van der Waals surface area contributed by atoms with E-state index in [0.29, 0.717) is 25.2 Å². The van der Waals surface area contributed by atoms with Crippen molar-refractivity contribution in [2.45, 2.75) is 19.6 Å². The molecule has 0 unspecified atom stereocenters. The van der Waals surface area contributed by atoms with Gasteiger partial charge < -0.3 is 20.2 Å². The summed E-state index contributed by atoms with van der Waals surface area (Å²) in [5.74, 6) is -2.87. The number of halogens is 3. The van der Waals surface area contributed by atoms with E-state index in [1.807, 2.05) is 66.4 Å². The van der Waals surface area contributed by atoms with Crippen LogP contribution in [-0.4, -0.2) is 71.6 Å². The van der Waals surface area contributed by atoms with Crippen LogP contribution < -0.4 is 5.32 Å². The average molecular weight is 465 g/mol. The number of carboxylic acid groups (broad SMARTS) is 1. The maximum Gasteiger partial charge on any atom is 0.490 e. The van der Waals surface area contributed by atoms with Crippen LogP contribution in [0.25, 0.3) is 0 Å². The molecule has 2 amide bonds. The predicted molar refractivity (Wildman–Crippen MR) is 116 cm³/mol. The third kappa shape index (κ3) is 8.57. The van der Waals surface area contributed by atoms with Gasteiger partial charge in [-0.15, -0.1) is 0 Å². The molecule has 0 bridgehead atoms. The van der Waals surface area contributed by atoms with Gasteiger partial charge in [-0.1, -0.05) is 48.0 Å². The molecule has 3 rings (SSSR count). The summed E-state index contributed by atoms with van der Waals surface area (Å²) in [6, 6.07) is 17.3. The number of rotatable bonds is 5. The van der Waals surface area contributed by atoms with Crippen LogP contribution in [0.3, 0.4) is 0 Å². The lowest BCUT2D eigenvalue weighted by Gasteiger charge is -2.30. The van der Waals surface area contributed by atoms with Crippen LogP contribution >= 0.6 is 0 Å². The Morgan fingerprint density at radius 2 is 1.55 bits per heavy atom. The van der Waals surface area contributed by atoms with Gasteiger partial charge in [0.15, 0.2) is 0 Å². The minimum absolute atomic E-state index is 0.00268. The zero-order valence-corrected chi connectivity index (χ0v) is 18.1. The second kappa shape index (κ2) is 12.0. The Morgan fingerprint density at radius 1 is 1.00 bits per heavy atom. The maximum atomic E-state index is 13.0. The first-order valence-corrected chi connectivity index (χ1v) is 10.3. The fourth-order valence-electron chi connectivity index (χ4n) is 3.06. The second-order valence-corrected chi connectivity index (χ2v) is 7.45. The number of hydrogen-bond acceptors (Lipinski definition) is 4. The highest BCUT2D eigenvalue weighted by Gasteiger charge is 2.38. The molecule has 2 aromatic rings. The molecule has 0 radical (unpaired) electrons. The molecule has 7 nitrogen and oxygen atoms in total. The van der Waals surface area contributed by atoms with Crippen LogP contribution in [0, 0.1) is 6.92 Å². The lowest BCUT2D eigenvalue weighted by molar-refractivity contribution is -0.192. The van der Waals surface area contributed by atoms with Crippen LogP contribution in [0.2, 0.25) is 0 Å². The lowest BCUT2D eigenvalue weighted by atomic mass is 10.1. The smallest absolute Gasteiger partial charge is 0.475 e. The summed E-state index contributed by atoms with van der Waals surface area (Å²) < 4.78 is 31.7. The molecule has 0 spiro atoms. The molecule has 33 heavy (non-hydrogen) atoms. The number of nitrogens with zero attached hydrogens (tertiary/aromatic N) is 2. The number of carbonyl (C=O) groups is 3. The van der Waals surface area contributed by atoms with Gasteiger partial charge >= 0.3 is 12.1 Å². The maximum absolute atomic E-state index is 13.0. The third-order valence-corrected chi connectivity index (χ3v) is 4.84. The second-order valence-electron chi connectivity index (χ2n) is 7.45. The molecule has 0 atom stereocenters. The van der Waals surface area contributed by atoms with Crippen LogP contribution in [0.5, 0.6) is 0 Å². The Hall–Kier alpha value is -3.40. The van der Waals surface area contributed by atoms with E-state index in [1.54, 1.807) is 4.90 Å². The van der Waals surface area contributed by atoms with Crippen LogP contribution in [0.15, 0.2) is 54.6 Å². The monoisotopic (exact) mass is 465 g/mol. The summed E-state index contributed by atoms with van der Waals surface area (Å²) in [7, 11) is 0. The van der Waals surface area contributed by atoms with Gasteiger partial charge in [0, 0.05) is 38.3 Å². The van der Waals surface area contributed by atoms with Gasteiger partial charge in [-0.05, 0) is 24.6 Å². The van der Waals surface area contributed by atoms with E-state index in [9.17, 15) is 22.8 Å². The molecular weight excluding hydrogens is 439 g/mol. The molecule has 1 fully saturated rings. The summed E-state index contributed by atoms with van der Waals surface area (Å²) in [4.78, 5) is 38.1. The van der Waals surface area contributed by atoms with Crippen molar-refractivity contribution >= 4 is 17.8 Å². The first kappa shape index (κ1) is 25.9. The molecule has 1 heterocycles. The van der Waals surface area contributed by atoms with E-state index in [4.69, 9.17) is 9.90 Å². The fourth-order valence-corrected chi connectivity index (χ4v) is 3.06. The number of amides is 2. The van der Waals surface area contributed by atoms with E-state index in [-0.39, 0.29) is 18.4 Å². The topological polar surface area (TPSA) is 90.0 Å².